The van der Waals surface area contributed by atoms with Crippen molar-refractivity contribution < 1.29 is 18.7 Å². The zero-order valence-corrected chi connectivity index (χ0v) is 17.3. The number of nitrogens with one attached hydrogen (secondary N) is 2. The fourth-order valence-electron chi connectivity index (χ4n) is 4.34. The first kappa shape index (κ1) is 21.2. The lowest BCUT2D eigenvalue weighted by molar-refractivity contribution is -0.115. The number of carbonyl (C=O) groups is 1. The van der Waals surface area contributed by atoms with Gasteiger partial charge in [0.15, 0.2) is 5.82 Å². The number of aromatic hydroxyl groups is 1. The fraction of sp³-hybridized carbons (Fsp3) is 0.409. The number of alkyl halides is 1. The van der Waals surface area contributed by atoms with Crippen LogP contribution in [-0.2, 0) is 4.79 Å². The molecule has 0 unspecified atom stereocenters. The number of aromatic nitrogens is 2. The second-order valence-corrected chi connectivity index (χ2v) is 8.02. The van der Waals surface area contributed by atoms with Crippen molar-refractivity contribution in [1.82, 2.24) is 20.8 Å². The fourth-order valence-corrected chi connectivity index (χ4v) is 4.34. The van der Waals surface area contributed by atoms with E-state index in [1.54, 1.807) is 24.1 Å². The maximum atomic E-state index is 14.8. The topological polar surface area (TPSA) is 90.4 Å². The Morgan fingerprint density at radius 3 is 2.84 bits per heavy atom. The molecule has 2 bridgehead atoms. The molecule has 2 fully saturated rings. The van der Waals surface area contributed by atoms with E-state index in [-0.39, 0.29) is 40.6 Å². The third kappa shape index (κ3) is 4.23. The number of nitrogens with zero attached hydrogens (tertiary/aromatic N) is 3. The maximum Gasteiger partial charge on any atom is 0.243 e. The largest absolute Gasteiger partial charge is 0.507 e. The number of halogens is 2. The van der Waals surface area contributed by atoms with Gasteiger partial charge >= 0.3 is 0 Å². The van der Waals surface area contributed by atoms with Crippen LogP contribution in [-0.4, -0.2) is 59.6 Å². The third-order valence-electron chi connectivity index (χ3n) is 6.11. The molecule has 31 heavy (non-hydrogen) atoms. The van der Waals surface area contributed by atoms with Gasteiger partial charge in [-0.05, 0) is 49.6 Å². The van der Waals surface area contributed by atoms with Gasteiger partial charge in [0.1, 0.15) is 17.7 Å². The number of fused-ring (bicyclic) bond motifs is 2. The van der Waals surface area contributed by atoms with Gasteiger partial charge < -0.3 is 20.6 Å². The molecule has 2 aliphatic heterocycles. The number of hydrogen-bond donors (Lipinski definition) is 3. The number of anilines is 1. The van der Waals surface area contributed by atoms with Gasteiger partial charge in [-0.15, -0.1) is 10.2 Å². The molecule has 7 nitrogen and oxygen atoms in total. The summed E-state index contributed by atoms with van der Waals surface area (Å²) >= 11 is 0. The van der Waals surface area contributed by atoms with Crippen LogP contribution in [0.5, 0.6) is 5.75 Å². The van der Waals surface area contributed by atoms with Gasteiger partial charge in [0, 0.05) is 43.4 Å². The first-order chi connectivity index (χ1) is 14.9. The Kier molecular flexibility index (Phi) is 5.86. The molecule has 0 spiro atoms. The Morgan fingerprint density at radius 1 is 1.32 bits per heavy atom. The average Bonchev–Trinajstić information content (AvgIpc) is 3.19. The highest BCUT2D eigenvalue weighted by Gasteiger charge is 2.43. The summed E-state index contributed by atoms with van der Waals surface area (Å²) in [5.41, 5.74) is 0.542. The summed E-state index contributed by atoms with van der Waals surface area (Å²) in [7, 11) is 3.27. The summed E-state index contributed by atoms with van der Waals surface area (Å²) in [6, 6.07) is 5.61. The van der Waals surface area contributed by atoms with Crippen LogP contribution in [0.2, 0.25) is 0 Å². The number of rotatable bonds is 5. The summed E-state index contributed by atoms with van der Waals surface area (Å²) in [6.45, 7) is 0. The normalized spacial score (nSPS) is 25.0. The molecular formula is C22H25F2N5O2. The van der Waals surface area contributed by atoms with Crippen molar-refractivity contribution in [3.63, 3.8) is 0 Å². The zero-order valence-electron chi connectivity index (χ0n) is 17.3. The molecular weight excluding hydrogens is 404 g/mol. The highest BCUT2D eigenvalue weighted by atomic mass is 19.1. The molecule has 3 heterocycles. The third-order valence-corrected chi connectivity index (χ3v) is 6.11. The van der Waals surface area contributed by atoms with Crippen molar-refractivity contribution in [1.29, 1.82) is 0 Å². The molecule has 2 saturated heterocycles. The maximum absolute atomic E-state index is 14.8. The second-order valence-electron chi connectivity index (χ2n) is 8.02. The van der Waals surface area contributed by atoms with Crippen molar-refractivity contribution in [3.8, 4) is 17.0 Å². The molecule has 1 aromatic carbocycles. The number of benzene rings is 1. The van der Waals surface area contributed by atoms with Gasteiger partial charge in [-0.2, -0.15) is 0 Å². The Labute approximate surface area is 179 Å². The van der Waals surface area contributed by atoms with Crippen molar-refractivity contribution >= 4 is 17.8 Å². The quantitative estimate of drug-likeness (QED) is 0.633. The standard InChI is InChI=1S/C22H25F2N5O2/c1-25-21(31)8-3-12-9-19(30)14(11-15(12)23)16-6-7-20(28-27-16)29(2)18-10-13-4-5-17(26-13)22(18)24/h3,6-9,11,13,17-18,22,26,30H,4-5,10H2,1-2H3,(H,25,31)/b8-3+/t13-,17+,18-,22+/m1/s1. The number of carbonyl (C=O) groups excluding carboxylic acids is 1. The minimum Gasteiger partial charge on any atom is -0.507 e. The number of piperidine rings is 1. The Balaban J connectivity index is 1.53. The minimum absolute atomic E-state index is 0.0729. The van der Waals surface area contributed by atoms with Gasteiger partial charge in [-0.25, -0.2) is 8.78 Å². The molecule has 4 rings (SSSR count). The molecule has 0 radical (unpaired) electrons. The first-order valence-corrected chi connectivity index (χ1v) is 10.3. The molecule has 1 amide bonds. The number of amides is 1. The first-order valence-electron chi connectivity index (χ1n) is 10.3. The Morgan fingerprint density at radius 2 is 2.13 bits per heavy atom. The predicted molar refractivity (Wildman–Crippen MR) is 114 cm³/mol. The van der Waals surface area contributed by atoms with E-state index in [1.807, 2.05) is 0 Å². The van der Waals surface area contributed by atoms with E-state index >= 15 is 0 Å². The second kappa shape index (κ2) is 8.58. The smallest absolute Gasteiger partial charge is 0.243 e. The van der Waals surface area contributed by atoms with Gasteiger partial charge in [-0.1, -0.05) is 0 Å². The molecule has 0 aliphatic carbocycles. The van der Waals surface area contributed by atoms with E-state index in [0.717, 1.165) is 18.9 Å². The van der Waals surface area contributed by atoms with E-state index in [9.17, 15) is 18.7 Å². The molecule has 0 saturated carbocycles. The summed E-state index contributed by atoms with van der Waals surface area (Å²) < 4.78 is 29.3. The molecule has 4 atom stereocenters. The minimum atomic E-state index is -0.987. The van der Waals surface area contributed by atoms with E-state index in [2.05, 4.69) is 20.8 Å². The van der Waals surface area contributed by atoms with Crippen molar-refractivity contribution in [2.45, 2.75) is 43.6 Å². The predicted octanol–water partition coefficient (Wildman–Crippen LogP) is 2.41. The van der Waals surface area contributed by atoms with Crippen molar-refractivity contribution in [3.05, 3.63) is 41.7 Å². The van der Waals surface area contributed by atoms with E-state index in [1.165, 1.54) is 25.3 Å². The number of hydrogen-bond acceptors (Lipinski definition) is 6. The highest BCUT2D eigenvalue weighted by molar-refractivity contribution is 5.91. The van der Waals surface area contributed by atoms with Crippen LogP contribution in [0.4, 0.5) is 14.6 Å². The van der Waals surface area contributed by atoms with E-state index < -0.39 is 12.0 Å². The molecule has 3 N–H and O–H groups in total. The van der Waals surface area contributed by atoms with E-state index in [4.69, 9.17) is 0 Å². The average molecular weight is 429 g/mol. The summed E-state index contributed by atoms with van der Waals surface area (Å²) in [5, 5.41) is 24.4. The van der Waals surface area contributed by atoms with Gasteiger partial charge in [0.25, 0.3) is 0 Å². The Hall–Kier alpha value is -3.07. The lowest BCUT2D eigenvalue weighted by Crippen LogP contribution is -2.55. The van der Waals surface area contributed by atoms with Crippen LogP contribution in [0.3, 0.4) is 0 Å². The van der Waals surface area contributed by atoms with Crippen LogP contribution in [0.1, 0.15) is 24.8 Å². The number of phenols is 1. The summed E-state index contributed by atoms with van der Waals surface area (Å²) in [4.78, 5) is 13.1. The number of likely N-dealkylation sites (N-methyl/N-ethyl adjacent to an activating group) is 1. The van der Waals surface area contributed by atoms with Crippen LogP contribution >= 0.6 is 0 Å². The SMILES string of the molecule is CNC(=O)/C=C/c1cc(O)c(-c2ccc(N(C)[C@@H]3C[C@H]4CC[C@H](N4)[C@@H]3F)nn2)cc1F. The van der Waals surface area contributed by atoms with Gasteiger partial charge in [0.2, 0.25) is 5.91 Å². The van der Waals surface area contributed by atoms with Crippen LogP contribution in [0.25, 0.3) is 17.3 Å². The molecule has 2 aliphatic rings. The summed E-state index contributed by atoms with van der Waals surface area (Å²) in [6.07, 6.45) is 4.00. The lowest BCUT2D eigenvalue weighted by atomic mass is 9.96. The van der Waals surface area contributed by atoms with E-state index in [0.29, 0.717) is 18.3 Å². The Bertz CT molecular complexity index is 998. The number of phenolic OH excluding ortho intramolecular Hbond substituents is 1. The van der Waals surface area contributed by atoms with Gasteiger partial charge in [0.05, 0.1) is 11.7 Å². The van der Waals surface area contributed by atoms with Gasteiger partial charge in [-0.3, -0.25) is 4.79 Å². The molecule has 1 aromatic heterocycles. The lowest BCUT2D eigenvalue weighted by Gasteiger charge is -2.38. The van der Waals surface area contributed by atoms with Crippen LogP contribution in [0, 0.1) is 5.82 Å². The van der Waals surface area contributed by atoms with Crippen molar-refractivity contribution in [2.24, 2.45) is 0 Å². The van der Waals surface area contributed by atoms with Crippen molar-refractivity contribution in [2.75, 3.05) is 19.0 Å². The van der Waals surface area contributed by atoms with Crippen LogP contribution in [0.15, 0.2) is 30.3 Å². The molecule has 164 valence electrons. The molecule has 9 heteroatoms. The highest BCUT2D eigenvalue weighted by Crippen LogP contribution is 2.34. The summed E-state index contributed by atoms with van der Waals surface area (Å²) in [5.74, 6) is -0.665. The molecule has 2 aromatic rings. The monoisotopic (exact) mass is 429 g/mol. The van der Waals surface area contributed by atoms with Crippen LogP contribution < -0.4 is 15.5 Å². The zero-order chi connectivity index (χ0) is 22.1.